The van der Waals surface area contributed by atoms with E-state index in [4.69, 9.17) is 4.74 Å². The van der Waals surface area contributed by atoms with Crippen LogP contribution in [0.5, 0.6) is 5.75 Å². The van der Waals surface area contributed by atoms with E-state index < -0.39 is 0 Å². The summed E-state index contributed by atoms with van der Waals surface area (Å²) in [6.45, 7) is 4.28. The van der Waals surface area contributed by atoms with Gasteiger partial charge >= 0.3 is 0 Å². The first kappa shape index (κ1) is 16.5. The lowest BCUT2D eigenvalue weighted by molar-refractivity contribution is 0.230. The molecule has 0 aliphatic carbocycles. The number of hydrogen-bond donors (Lipinski definition) is 2. The van der Waals surface area contributed by atoms with E-state index in [9.17, 15) is 5.11 Å². The molecule has 0 bridgehead atoms. The molecule has 22 heavy (non-hydrogen) atoms. The fourth-order valence-corrected chi connectivity index (χ4v) is 2.74. The molecular weight excluding hydrogens is 274 g/mol. The standard InChI is InChI=1S/C19H25NO2/c1-4-17(16-12-14(2)10-11-19(16)22-3)20-18(13-21)15-8-6-5-7-9-15/h5-12,17-18,20-21H,4,13H2,1-3H3/t17?,18-/m1/s1. The minimum Gasteiger partial charge on any atom is -0.496 e. The number of hydrogen-bond acceptors (Lipinski definition) is 3. The maximum Gasteiger partial charge on any atom is 0.123 e. The molecule has 1 unspecified atom stereocenters. The van der Waals surface area contributed by atoms with Crippen molar-refractivity contribution in [1.82, 2.24) is 5.32 Å². The van der Waals surface area contributed by atoms with Crippen molar-refractivity contribution >= 4 is 0 Å². The Balaban J connectivity index is 2.26. The zero-order valence-corrected chi connectivity index (χ0v) is 13.5. The number of nitrogens with one attached hydrogen (secondary N) is 1. The summed E-state index contributed by atoms with van der Waals surface area (Å²) in [7, 11) is 1.70. The van der Waals surface area contributed by atoms with E-state index in [0.29, 0.717) is 0 Å². The highest BCUT2D eigenvalue weighted by Gasteiger charge is 2.19. The Morgan fingerprint density at radius 1 is 1.09 bits per heavy atom. The zero-order chi connectivity index (χ0) is 15.9. The normalized spacial score (nSPS) is 13.6. The summed E-state index contributed by atoms with van der Waals surface area (Å²) >= 11 is 0. The van der Waals surface area contributed by atoms with Gasteiger partial charge in [-0.2, -0.15) is 0 Å². The lowest BCUT2D eigenvalue weighted by Crippen LogP contribution is -2.29. The molecule has 0 fully saturated rings. The van der Waals surface area contributed by atoms with Gasteiger partial charge < -0.3 is 15.2 Å². The third-order valence-corrected chi connectivity index (χ3v) is 3.96. The Morgan fingerprint density at radius 3 is 2.41 bits per heavy atom. The number of rotatable bonds is 7. The molecule has 0 aliphatic heterocycles. The van der Waals surface area contributed by atoms with Crippen LogP contribution in [0.15, 0.2) is 48.5 Å². The highest BCUT2D eigenvalue weighted by atomic mass is 16.5. The van der Waals surface area contributed by atoms with Gasteiger partial charge in [-0.25, -0.2) is 0 Å². The van der Waals surface area contributed by atoms with Gasteiger partial charge in [0.25, 0.3) is 0 Å². The Kier molecular flexibility index (Phi) is 5.99. The second-order valence-corrected chi connectivity index (χ2v) is 5.52. The molecule has 2 rings (SSSR count). The Bertz CT molecular complexity index is 583. The van der Waals surface area contributed by atoms with Gasteiger partial charge in [0, 0.05) is 11.6 Å². The monoisotopic (exact) mass is 299 g/mol. The second-order valence-electron chi connectivity index (χ2n) is 5.52. The molecule has 0 radical (unpaired) electrons. The Labute approximate surface area is 133 Å². The highest BCUT2D eigenvalue weighted by Crippen LogP contribution is 2.30. The summed E-state index contributed by atoms with van der Waals surface area (Å²) in [4.78, 5) is 0. The zero-order valence-electron chi connectivity index (χ0n) is 13.5. The minimum absolute atomic E-state index is 0.0641. The number of aryl methyl sites for hydroxylation is 1. The van der Waals surface area contributed by atoms with Crippen molar-refractivity contribution in [3.63, 3.8) is 0 Å². The van der Waals surface area contributed by atoms with Crippen molar-refractivity contribution in [2.75, 3.05) is 13.7 Å². The van der Waals surface area contributed by atoms with Crippen molar-refractivity contribution in [3.8, 4) is 5.75 Å². The van der Waals surface area contributed by atoms with Crippen LogP contribution in [0.25, 0.3) is 0 Å². The molecule has 3 heteroatoms. The molecular formula is C19H25NO2. The SMILES string of the molecule is CCC(N[C@H](CO)c1ccccc1)c1cc(C)ccc1OC. The van der Waals surface area contributed by atoms with Crippen LogP contribution >= 0.6 is 0 Å². The molecule has 0 spiro atoms. The fraction of sp³-hybridized carbons (Fsp3) is 0.368. The van der Waals surface area contributed by atoms with Crippen molar-refractivity contribution in [1.29, 1.82) is 0 Å². The molecule has 0 heterocycles. The van der Waals surface area contributed by atoms with Crippen LogP contribution in [-0.4, -0.2) is 18.8 Å². The predicted molar refractivity (Wildman–Crippen MR) is 90.2 cm³/mol. The van der Waals surface area contributed by atoms with E-state index in [-0.39, 0.29) is 18.7 Å². The van der Waals surface area contributed by atoms with Crippen molar-refractivity contribution in [3.05, 3.63) is 65.2 Å². The van der Waals surface area contributed by atoms with E-state index in [1.54, 1.807) is 7.11 Å². The first-order valence-corrected chi connectivity index (χ1v) is 7.76. The second kappa shape index (κ2) is 7.97. The van der Waals surface area contributed by atoms with Crippen LogP contribution in [0.1, 0.15) is 42.1 Å². The van der Waals surface area contributed by atoms with E-state index in [1.807, 2.05) is 36.4 Å². The van der Waals surface area contributed by atoms with Crippen LogP contribution in [0, 0.1) is 6.92 Å². The molecule has 0 aromatic heterocycles. The van der Waals surface area contributed by atoms with Crippen molar-refractivity contribution in [2.24, 2.45) is 0 Å². The maximum absolute atomic E-state index is 9.76. The molecule has 0 amide bonds. The number of aliphatic hydroxyl groups is 1. The number of methoxy groups -OCH3 is 1. The number of benzene rings is 2. The largest absolute Gasteiger partial charge is 0.496 e. The Hall–Kier alpha value is -1.84. The van der Waals surface area contributed by atoms with Crippen LogP contribution < -0.4 is 10.1 Å². The van der Waals surface area contributed by atoms with E-state index in [1.165, 1.54) is 5.56 Å². The quantitative estimate of drug-likeness (QED) is 0.817. The third-order valence-electron chi connectivity index (χ3n) is 3.96. The van der Waals surface area contributed by atoms with Crippen LogP contribution in [0.4, 0.5) is 0 Å². The lowest BCUT2D eigenvalue weighted by atomic mass is 9.98. The summed E-state index contributed by atoms with van der Waals surface area (Å²) in [5.41, 5.74) is 3.44. The molecule has 0 saturated carbocycles. The average molecular weight is 299 g/mol. The summed E-state index contributed by atoms with van der Waals surface area (Å²) < 4.78 is 5.50. The topological polar surface area (TPSA) is 41.5 Å². The lowest BCUT2D eigenvalue weighted by Gasteiger charge is -2.26. The highest BCUT2D eigenvalue weighted by molar-refractivity contribution is 5.39. The summed E-state index contributed by atoms with van der Waals surface area (Å²) in [6, 6.07) is 16.3. The summed E-state index contributed by atoms with van der Waals surface area (Å²) in [6.07, 6.45) is 0.920. The molecule has 118 valence electrons. The van der Waals surface area contributed by atoms with Gasteiger partial charge in [0.2, 0.25) is 0 Å². The first-order valence-electron chi connectivity index (χ1n) is 7.76. The molecule has 2 atom stereocenters. The van der Waals surface area contributed by atoms with Gasteiger partial charge in [0.1, 0.15) is 5.75 Å². The smallest absolute Gasteiger partial charge is 0.123 e. The molecule has 2 N–H and O–H groups in total. The maximum atomic E-state index is 9.76. The summed E-state index contributed by atoms with van der Waals surface area (Å²) in [5, 5.41) is 13.3. The third kappa shape index (κ3) is 3.87. The van der Waals surface area contributed by atoms with Gasteiger partial charge in [-0.1, -0.05) is 55.0 Å². The van der Waals surface area contributed by atoms with Crippen molar-refractivity contribution in [2.45, 2.75) is 32.4 Å². The van der Waals surface area contributed by atoms with Crippen LogP contribution in [0.2, 0.25) is 0 Å². The Morgan fingerprint density at radius 2 is 1.82 bits per heavy atom. The first-order chi connectivity index (χ1) is 10.7. The van der Waals surface area contributed by atoms with E-state index >= 15 is 0 Å². The number of ether oxygens (including phenoxy) is 1. The molecule has 0 aliphatic rings. The van der Waals surface area contributed by atoms with E-state index in [2.05, 4.69) is 31.3 Å². The summed E-state index contributed by atoms with van der Waals surface area (Å²) in [5.74, 6) is 0.884. The van der Waals surface area contributed by atoms with Gasteiger partial charge in [0.15, 0.2) is 0 Å². The van der Waals surface area contributed by atoms with Gasteiger partial charge in [-0.3, -0.25) is 0 Å². The molecule has 2 aromatic rings. The molecule has 2 aromatic carbocycles. The predicted octanol–water partition coefficient (Wildman–Crippen LogP) is 3.78. The minimum atomic E-state index is -0.0867. The average Bonchev–Trinajstić information content (AvgIpc) is 2.57. The number of aliphatic hydroxyl groups excluding tert-OH is 1. The molecule has 3 nitrogen and oxygen atoms in total. The van der Waals surface area contributed by atoms with Crippen molar-refractivity contribution < 1.29 is 9.84 Å². The van der Waals surface area contributed by atoms with Gasteiger partial charge in [-0.05, 0) is 25.0 Å². The van der Waals surface area contributed by atoms with Crippen LogP contribution in [-0.2, 0) is 0 Å². The van der Waals surface area contributed by atoms with E-state index in [0.717, 1.165) is 23.3 Å². The van der Waals surface area contributed by atoms with Gasteiger partial charge in [-0.15, -0.1) is 0 Å². The fourth-order valence-electron chi connectivity index (χ4n) is 2.74. The molecule has 0 saturated heterocycles. The van der Waals surface area contributed by atoms with Gasteiger partial charge in [0.05, 0.1) is 19.8 Å². The van der Waals surface area contributed by atoms with Crippen LogP contribution in [0.3, 0.4) is 0 Å².